The molecule has 1 atom stereocenters. The van der Waals surface area contributed by atoms with Crippen LogP contribution in [0.25, 0.3) is 0 Å². The molecule has 2 aromatic carbocycles. The molecular formula is C15H14INO2. The lowest BCUT2D eigenvalue weighted by atomic mass is 10.3. The fraction of sp³-hybridized carbons (Fsp3) is 0.133. The van der Waals surface area contributed by atoms with Gasteiger partial charge in [0.1, 0.15) is 5.75 Å². The van der Waals surface area contributed by atoms with Crippen LogP contribution < -0.4 is 10.1 Å². The predicted molar refractivity (Wildman–Crippen MR) is 84.3 cm³/mol. The number of halogens is 1. The highest BCUT2D eigenvalue weighted by molar-refractivity contribution is 14.1. The minimum atomic E-state index is -0.540. The van der Waals surface area contributed by atoms with Crippen molar-refractivity contribution in [1.29, 1.82) is 0 Å². The SMILES string of the molecule is C[C@H](Oc1ccccc1)C(=O)Nc1ccc(I)cc1. The van der Waals surface area contributed by atoms with E-state index in [0.717, 1.165) is 9.26 Å². The second-order valence-electron chi connectivity index (χ2n) is 4.07. The van der Waals surface area contributed by atoms with E-state index in [2.05, 4.69) is 27.9 Å². The number of carbonyl (C=O) groups excluding carboxylic acids is 1. The molecule has 0 spiro atoms. The third kappa shape index (κ3) is 4.24. The lowest BCUT2D eigenvalue weighted by Crippen LogP contribution is -2.30. The molecule has 2 aromatic rings. The Bertz CT molecular complexity index is 540. The van der Waals surface area contributed by atoms with E-state index in [4.69, 9.17) is 4.74 Å². The third-order valence-corrected chi connectivity index (χ3v) is 3.26. The summed E-state index contributed by atoms with van der Waals surface area (Å²) >= 11 is 2.22. The number of carbonyl (C=O) groups is 1. The fourth-order valence-electron chi connectivity index (χ4n) is 1.53. The van der Waals surface area contributed by atoms with Crippen LogP contribution in [0.3, 0.4) is 0 Å². The van der Waals surface area contributed by atoms with Gasteiger partial charge in [0, 0.05) is 9.26 Å². The maximum atomic E-state index is 12.0. The molecule has 0 heterocycles. The van der Waals surface area contributed by atoms with E-state index in [1.165, 1.54) is 0 Å². The standard InChI is InChI=1S/C15H14INO2/c1-11(19-14-5-3-2-4-6-14)15(18)17-13-9-7-12(16)8-10-13/h2-11H,1H3,(H,17,18)/t11-/m0/s1. The van der Waals surface area contributed by atoms with Crippen LogP contribution in [-0.4, -0.2) is 12.0 Å². The van der Waals surface area contributed by atoms with E-state index < -0.39 is 6.10 Å². The van der Waals surface area contributed by atoms with Gasteiger partial charge in [-0.25, -0.2) is 0 Å². The summed E-state index contributed by atoms with van der Waals surface area (Å²) in [4.78, 5) is 12.0. The molecule has 0 saturated heterocycles. The van der Waals surface area contributed by atoms with Gasteiger partial charge in [-0.2, -0.15) is 0 Å². The zero-order valence-electron chi connectivity index (χ0n) is 10.5. The van der Waals surface area contributed by atoms with Crippen LogP contribution in [0.1, 0.15) is 6.92 Å². The number of rotatable bonds is 4. The van der Waals surface area contributed by atoms with Crippen LogP contribution in [0.2, 0.25) is 0 Å². The molecule has 0 unspecified atom stereocenters. The minimum absolute atomic E-state index is 0.162. The molecule has 3 nitrogen and oxygen atoms in total. The normalized spacial score (nSPS) is 11.7. The Hall–Kier alpha value is -1.56. The van der Waals surface area contributed by atoms with Crippen molar-refractivity contribution >= 4 is 34.2 Å². The number of nitrogens with one attached hydrogen (secondary N) is 1. The Morgan fingerprint density at radius 3 is 2.37 bits per heavy atom. The Labute approximate surface area is 126 Å². The molecule has 0 aliphatic heterocycles. The van der Waals surface area contributed by atoms with Crippen molar-refractivity contribution in [2.45, 2.75) is 13.0 Å². The van der Waals surface area contributed by atoms with Crippen LogP contribution >= 0.6 is 22.6 Å². The number of ether oxygens (including phenoxy) is 1. The maximum Gasteiger partial charge on any atom is 0.265 e. The topological polar surface area (TPSA) is 38.3 Å². The van der Waals surface area contributed by atoms with Crippen LogP contribution in [0.15, 0.2) is 54.6 Å². The molecule has 1 amide bonds. The summed E-state index contributed by atoms with van der Waals surface area (Å²) in [5, 5.41) is 2.82. The highest BCUT2D eigenvalue weighted by Crippen LogP contribution is 2.14. The van der Waals surface area contributed by atoms with Crippen molar-refractivity contribution in [3.8, 4) is 5.75 Å². The smallest absolute Gasteiger partial charge is 0.265 e. The number of hydrogen-bond acceptors (Lipinski definition) is 2. The van der Waals surface area contributed by atoms with Crippen molar-refractivity contribution < 1.29 is 9.53 Å². The first-order valence-corrected chi connectivity index (χ1v) is 7.01. The summed E-state index contributed by atoms with van der Waals surface area (Å²) < 4.78 is 6.69. The molecule has 0 bridgehead atoms. The molecule has 0 aliphatic rings. The van der Waals surface area contributed by atoms with Crippen molar-refractivity contribution in [3.05, 3.63) is 58.2 Å². The maximum absolute atomic E-state index is 12.0. The summed E-state index contributed by atoms with van der Waals surface area (Å²) in [7, 11) is 0. The van der Waals surface area contributed by atoms with Gasteiger partial charge in [0.25, 0.3) is 5.91 Å². The first-order chi connectivity index (χ1) is 9.15. The van der Waals surface area contributed by atoms with E-state index in [1.807, 2.05) is 54.6 Å². The predicted octanol–water partition coefficient (Wildman–Crippen LogP) is 3.70. The molecule has 98 valence electrons. The Morgan fingerprint density at radius 2 is 1.74 bits per heavy atom. The summed E-state index contributed by atoms with van der Waals surface area (Å²) in [6, 6.07) is 16.9. The highest BCUT2D eigenvalue weighted by Gasteiger charge is 2.14. The first kappa shape index (κ1) is 13.9. The molecule has 0 saturated carbocycles. The average Bonchev–Trinajstić information content (AvgIpc) is 2.42. The third-order valence-electron chi connectivity index (χ3n) is 2.54. The lowest BCUT2D eigenvalue weighted by molar-refractivity contribution is -0.122. The molecule has 19 heavy (non-hydrogen) atoms. The van der Waals surface area contributed by atoms with Crippen molar-refractivity contribution in [2.75, 3.05) is 5.32 Å². The summed E-state index contributed by atoms with van der Waals surface area (Å²) in [5.41, 5.74) is 0.772. The largest absolute Gasteiger partial charge is 0.481 e. The molecule has 2 rings (SSSR count). The molecular weight excluding hydrogens is 353 g/mol. The van der Waals surface area contributed by atoms with Gasteiger partial charge in [-0.3, -0.25) is 4.79 Å². The van der Waals surface area contributed by atoms with E-state index in [1.54, 1.807) is 6.92 Å². The summed E-state index contributed by atoms with van der Waals surface area (Å²) in [5.74, 6) is 0.526. The number of hydrogen-bond donors (Lipinski definition) is 1. The van der Waals surface area contributed by atoms with Gasteiger partial charge in [0.05, 0.1) is 0 Å². The van der Waals surface area contributed by atoms with Gasteiger partial charge in [-0.1, -0.05) is 18.2 Å². The Morgan fingerprint density at radius 1 is 1.11 bits per heavy atom. The van der Waals surface area contributed by atoms with Gasteiger partial charge < -0.3 is 10.1 Å². The highest BCUT2D eigenvalue weighted by atomic mass is 127. The monoisotopic (exact) mass is 367 g/mol. The van der Waals surface area contributed by atoms with Crippen molar-refractivity contribution in [1.82, 2.24) is 0 Å². The van der Waals surface area contributed by atoms with Crippen molar-refractivity contribution in [2.24, 2.45) is 0 Å². The van der Waals surface area contributed by atoms with Gasteiger partial charge in [0.2, 0.25) is 0 Å². The number of para-hydroxylation sites is 1. The van der Waals surface area contributed by atoms with E-state index in [9.17, 15) is 4.79 Å². The van der Waals surface area contributed by atoms with Crippen LogP contribution in [0, 0.1) is 3.57 Å². The fourth-order valence-corrected chi connectivity index (χ4v) is 1.89. The lowest BCUT2D eigenvalue weighted by Gasteiger charge is -2.14. The van der Waals surface area contributed by atoms with Gasteiger partial charge >= 0.3 is 0 Å². The second-order valence-corrected chi connectivity index (χ2v) is 5.31. The van der Waals surface area contributed by atoms with Crippen LogP contribution in [0.5, 0.6) is 5.75 Å². The van der Waals surface area contributed by atoms with Gasteiger partial charge in [0.15, 0.2) is 6.10 Å². The van der Waals surface area contributed by atoms with Gasteiger partial charge in [-0.15, -0.1) is 0 Å². The summed E-state index contributed by atoms with van der Waals surface area (Å²) in [6.07, 6.45) is -0.540. The second kappa shape index (κ2) is 6.56. The first-order valence-electron chi connectivity index (χ1n) is 5.93. The quantitative estimate of drug-likeness (QED) is 0.837. The molecule has 0 aromatic heterocycles. The molecule has 0 radical (unpaired) electrons. The Balaban J connectivity index is 1.94. The van der Waals surface area contributed by atoms with E-state index in [-0.39, 0.29) is 5.91 Å². The molecule has 4 heteroatoms. The van der Waals surface area contributed by atoms with Crippen LogP contribution in [-0.2, 0) is 4.79 Å². The van der Waals surface area contributed by atoms with Crippen molar-refractivity contribution in [3.63, 3.8) is 0 Å². The van der Waals surface area contributed by atoms with E-state index in [0.29, 0.717) is 5.75 Å². The molecule has 1 N–H and O–H groups in total. The Kier molecular flexibility index (Phi) is 4.79. The van der Waals surface area contributed by atoms with Gasteiger partial charge in [-0.05, 0) is 65.9 Å². The number of amides is 1. The average molecular weight is 367 g/mol. The zero-order chi connectivity index (χ0) is 13.7. The van der Waals surface area contributed by atoms with Crippen LogP contribution in [0.4, 0.5) is 5.69 Å². The summed E-state index contributed by atoms with van der Waals surface area (Å²) in [6.45, 7) is 1.73. The molecule has 0 fully saturated rings. The zero-order valence-corrected chi connectivity index (χ0v) is 12.6. The minimum Gasteiger partial charge on any atom is -0.481 e. The number of benzene rings is 2. The molecule has 0 aliphatic carbocycles. The number of anilines is 1. The van der Waals surface area contributed by atoms with E-state index >= 15 is 0 Å².